The summed E-state index contributed by atoms with van der Waals surface area (Å²) in [5, 5.41) is 3.05. The molecule has 1 aromatic carbocycles. The molecule has 1 aromatic heterocycles. The van der Waals surface area contributed by atoms with Crippen LogP contribution in [0, 0.1) is 0 Å². The summed E-state index contributed by atoms with van der Waals surface area (Å²) in [5.41, 5.74) is 7.11. The maximum absolute atomic E-state index is 12.8. The number of hydrogen-bond donors (Lipinski definition) is 2. The van der Waals surface area contributed by atoms with Crippen LogP contribution in [0.15, 0.2) is 36.4 Å². The van der Waals surface area contributed by atoms with Gasteiger partial charge >= 0.3 is 6.18 Å². The molecule has 110 valence electrons. The van der Waals surface area contributed by atoms with Crippen molar-refractivity contribution in [3.63, 3.8) is 0 Å². The Bertz CT molecular complexity index is 642. The fraction of sp³-hybridized carbons (Fsp3) is 0.267. The molecule has 1 aliphatic carbocycles. The molecule has 0 aliphatic heterocycles. The summed E-state index contributed by atoms with van der Waals surface area (Å²) in [6, 6.07) is 9.87. The van der Waals surface area contributed by atoms with Gasteiger partial charge in [0.2, 0.25) is 0 Å². The van der Waals surface area contributed by atoms with Crippen LogP contribution in [0.2, 0.25) is 0 Å². The second-order valence-corrected chi connectivity index (χ2v) is 5.18. The number of rotatable bonds is 2. The maximum atomic E-state index is 12.8. The number of fused-ring (bicyclic) bond motifs is 1. The molecule has 3 N–H and O–H groups in total. The minimum absolute atomic E-state index is 0.0396. The van der Waals surface area contributed by atoms with E-state index in [1.165, 1.54) is 11.1 Å². The molecule has 1 aliphatic rings. The third-order valence-corrected chi connectivity index (χ3v) is 3.58. The minimum Gasteiger partial charge on any atom is -0.384 e. The first-order valence-corrected chi connectivity index (χ1v) is 6.60. The summed E-state index contributed by atoms with van der Waals surface area (Å²) in [4.78, 5) is 3.94. The molecule has 2 aromatic rings. The third kappa shape index (κ3) is 2.94. The fourth-order valence-electron chi connectivity index (χ4n) is 2.66. The van der Waals surface area contributed by atoms with Crippen LogP contribution in [-0.4, -0.2) is 11.0 Å². The van der Waals surface area contributed by atoms with Gasteiger partial charge in [-0.15, -0.1) is 0 Å². The standard InChI is InChI=1S/C15H14F3N3/c16-15(17,18)11-7-13(19)21-14(8-11)20-12-5-9-3-1-2-4-10(9)6-12/h1-4,7-8,12H,5-6H2,(H3,19,20,21). The molecule has 1 heterocycles. The van der Waals surface area contributed by atoms with Crippen LogP contribution in [0.5, 0.6) is 0 Å². The first kappa shape index (κ1) is 13.7. The van der Waals surface area contributed by atoms with E-state index in [4.69, 9.17) is 5.73 Å². The van der Waals surface area contributed by atoms with Crippen molar-refractivity contribution in [3.05, 3.63) is 53.1 Å². The van der Waals surface area contributed by atoms with Crippen LogP contribution >= 0.6 is 0 Å². The molecular formula is C15H14F3N3. The quantitative estimate of drug-likeness (QED) is 0.893. The number of anilines is 2. The van der Waals surface area contributed by atoms with Crippen molar-refractivity contribution in [1.29, 1.82) is 0 Å². The van der Waals surface area contributed by atoms with Gasteiger partial charge in [0.05, 0.1) is 5.56 Å². The largest absolute Gasteiger partial charge is 0.416 e. The number of nitrogens with one attached hydrogen (secondary N) is 1. The van der Waals surface area contributed by atoms with Crippen molar-refractivity contribution in [3.8, 4) is 0 Å². The Kier molecular flexibility index (Phi) is 3.23. The Morgan fingerprint density at radius 2 is 1.71 bits per heavy atom. The molecular weight excluding hydrogens is 279 g/mol. The second kappa shape index (κ2) is 4.95. The lowest BCUT2D eigenvalue weighted by Gasteiger charge is -2.15. The summed E-state index contributed by atoms with van der Waals surface area (Å²) in [6.07, 6.45) is -2.88. The lowest BCUT2D eigenvalue weighted by Crippen LogP contribution is -2.21. The molecule has 3 nitrogen and oxygen atoms in total. The highest BCUT2D eigenvalue weighted by Crippen LogP contribution is 2.32. The Balaban J connectivity index is 1.79. The number of nitrogen functional groups attached to an aromatic ring is 1. The van der Waals surface area contributed by atoms with E-state index >= 15 is 0 Å². The Morgan fingerprint density at radius 3 is 2.29 bits per heavy atom. The molecule has 0 atom stereocenters. The Morgan fingerprint density at radius 1 is 1.10 bits per heavy atom. The monoisotopic (exact) mass is 293 g/mol. The predicted octanol–water partition coefficient (Wildman–Crippen LogP) is 3.26. The molecule has 21 heavy (non-hydrogen) atoms. The first-order chi connectivity index (χ1) is 9.91. The van der Waals surface area contributed by atoms with Crippen LogP contribution in [0.4, 0.5) is 24.8 Å². The summed E-state index contributed by atoms with van der Waals surface area (Å²) in [6.45, 7) is 0. The van der Waals surface area contributed by atoms with Gasteiger partial charge in [0, 0.05) is 6.04 Å². The van der Waals surface area contributed by atoms with Crippen LogP contribution < -0.4 is 11.1 Å². The zero-order chi connectivity index (χ0) is 15.0. The smallest absolute Gasteiger partial charge is 0.384 e. The molecule has 0 unspecified atom stereocenters. The van der Waals surface area contributed by atoms with Crippen molar-refractivity contribution in [2.75, 3.05) is 11.1 Å². The van der Waals surface area contributed by atoms with Gasteiger partial charge in [-0.2, -0.15) is 13.2 Å². The lowest BCUT2D eigenvalue weighted by molar-refractivity contribution is -0.137. The molecule has 0 radical (unpaired) electrons. The predicted molar refractivity (Wildman–Crippen MR) is 74.9 cm³/mol. The second-order valence-electron chi connectivity index (χ2n) is 5.18. The van der Waals surface area contributed by atoms with E-state index in [1.807, 2.05) is 24.3 Å². The van der Waals surface area contributed by atoms with E-state index in [2.05, 4.69) is 10.3 Å². The molecule has 0 saturated carbocycles. The van der Waals surface area contributed by atoms with E-state index in [0.717, 1.165) is 25.0 Å². The highest BCUT2D eigenvalue weighted by atomic mass is 19.4. The van der Waals surface area contributed by atoms with Gasteiger partial charge in [-0.1, -0.05) is 24.3 Å². The third-order valence-electron chi connectivity index (χ3n) is 3.58. The van der Waals surface area contributed by atoms with Gasteiger partial charge in [0.25, 0.3) is 0 Å². The van der Waals surface area contributed by atoms with Crippen LogP contribution in [-0.2, 0) is 19.0 Å². The zero-order valence-electron chi connectivity index (χ0n) is 11.1. The van der Waals surface area contributed by atoms with Crippen molar-refractivity contribution in [1.82, 2.24) is 4.98 Å². The normalized spacial score (nSPS) is 15.0. The van der Waals surface area contributed by atoms with Crippen LogP contribution in [0.1, 0.15) is 16.7 Å². The number of nitrogens with two attached hydrogens (primary N) is 1. The van der Waals surface area contributed by atoms with Gasteiger partial charge in [-0.25, -0.2) is 4.98 Å². The Hall–Kier alpha value is -2.24. The first-order valence-electron chi connectivity index (χ1n) is 6.60. The zero-order valence-corrected chi connectivity index (χ0v) is 11.1. The average molecular weight is 293 g/mol. The van der Waals surface area contributed by atoms with Crippen LogP contribution in [0.25, 0.3) is 0 Å². The maximum Gasteiger partial charge on any atom is 0.416 e. The van der Waals surface area contributed by atoms with Gasteiger partial charge in [-0.05, 0) is 36.1 Å². The molecule has 3 rings (SSSR count). The van der Waals surface area contributed by atoms with Gasteiger partial charge in [0.15, 0.2) is 0 Å². The number of halogens is 3. The van der Waals surface area contributed by atoms with E-state index in [0.29, 0.717) is 0 Å². The SMILES string of the molecule is Nc1cc(C(F)(F)F)cc(NC2Cc3ccccc3C2)n1. The van der Waals surface area contributed by atoms with Gasteiger partial charge in [0.1, 0.15) is 11.6 Å². The molecule has 0 saturated heterocycles. The Labute approximate surface area is 120 Å². The summed E-state index contributed by atoms with van der Waals surface area (Å²) in [5.74, 6) is 0.0305. The number of alkyl halides is 3. The molecule has 0 fully saturated rings. The number of aromatic nitrogens is 1. The highest BCUT2D eigenvalue weighted by Gasteiger charge is 2.32. The number of nitrogens with zero attached hydrogens (tertiary/aromatic N) is 1. The van der Waals surface area contributed by atoms with Crippen LogP contribution in [0.3, 0.4) is 0 Å². The van der Waals surface area contributed by atoms with Crippen molar-refractivity contribution in [2.24, 2.45) is 0 Å². The van der Waals surface area contributed by atoms with Crippen molar-refractivity contribution >= 4 is 11.6 Å². The van der Waals surface area contributed by atoms with Gasteiger partial charge in [-0.3, -0.25) is 0 Å². The van der Waals surface area contributed by atoms with E-state index in [-0.39, 0.29) is 17.7 Å². The van der Waals surface area contributed by atoms with E-state index in [9.17, 15) is 13.2 Å². The van der Waals surface area contributed by atoms with Crippen molar-refractivity contribution in [2.45, 2.75) is 25.1 Å². The summed E-state index contributed by atoms with van der Waals surface area (Å²) in [7, 11) is 0. The summed E-state index contributed by atoms with van der Waals surface area (Å²) < 4.78 is 38.3. The van der Waals surface area contributed by atoms with E-state index in [1.54, 1.807) is 0 Å². The molecule has 0 spiro atoms. The number of hydrogen-bond acceptors (Lipinski definition) is 3. The fourth-order valence-corrected chi connectivity index (χ4v) is 2.66. The molecule has 6 heteroatoms. The number of benzene rings is 1. The number of pyridine rings is 1. The minimum atomic E-state index is -4.42. The van der Waals surface area contributed by atoms with Gasteiger partial charge < -0.3 is 11.1 Å². The molecule has 0 bridgehead atoms. The summed E-state index contributed by atoms with van der Waals surface area (Å²) >= 11 is 0. The highest BCUT2D eigenvalue weighted by molar-refractivity contribution is 5.49. The van der Waals surface area contributed by atoms with Crippen molar-refractivity contribution < 1.29 is 13.2 Å². The topological polar surface area (TPSA) is 50.9 Å². The average Bonchev–Trinajstić information content (AvgIpc) is 2.79. The lowest BCUT2D eigenvalue weighted by atomic mass is 10.1. The van der Waals surface area contributed by atoms with E-state index < -0.39 is 11.7 Å². The molecule has 0 amide bonds.